The quantitative estimate of drug-likeness (QED) is 0.386. The smallest absolute Gasteiger partial charge is 0.307 e. The zero-order chi connectivity index (χ0) is 23.9. The number of imidazole rings is 1. The van der Waals surface area contributed by atoms with Gasteiger partial charge in [0, 0.05) is 5.92 Å². The zero-order valence-electron chi connectivity index (χ0n) is 19.2. The monoisotopic (exact) mass is 460 g/mol. The number of H-pyrrole nitrogens is 1. The van der Waals surface area contributed by atoms with Gasteiger partial charge >= 0.3 is 5.97 Å². The number of aromatic nitrogens is 2. The van der Waals surface area contributed by atoms with Crippen LogP contribution >= 0.6 is 0 Å². The van der Waals surface area contributed by atoms with E-state index in [0.717, 1.165) is 48.1 Å². The molecule has 1 aliphatic carbocycles. The summed E-state index contributed by atoms with van der Waals surface area (Å²) in [7, 11) is 0. The maximum atomic E-state index is 13.2. The lowest BCUT2D eigenvalue weighted by molar-refractivity contribution is -0.136. The first-order valence-corrected chi connectivity index (χ1v) is 11.9. The number of hydrogen-bond donors (Lipinski definition) is 4. The van der Waals surface area contributed by atoms with Crippen molar-refractivity contribution >= 4 is 11.9 Å². The molecule has 1 amide bonds. The van der Waals surface area contributed by atoms with Gasteiger partial charge < -0.3 is 21.1 Å². The minimum atomic E-state index is -0.867. The SMILES string of the molecule is NCC1CCC(C(=O)N[C@@H](Cc2ccccc2)c2ncc(-c3cccc(CC(=O)O)c3)[nH]2)CC1. The van der Waals surface area contributed by atoms with Gasteiger partial charge in [0.2, 0.25) is 5.91 Å². The number of nitrogens with one attached hydrogen (secondary N) is 2. The molecule has 1 atom stereocenters. The number of rotatable bonds is 9. The molecule has 2 aromatic carbocycles. The summed E-state index contributed by atoms with van der Waals surface area (Å²) in [6.45, 7) is 0.688. The van der Waals surface area contributed by atoms with E-state index in [-0.39, 0.29) is 24.3 Å². The maximum Gasteiger partial charge on any atom is 0.307 e. The van der Waals surface area contributed by atoms with Crippen LogP contribution in [0.5, 0.6) is 0 Å². The number of nitrogens with two attached hydrogens (primary N) is 1. The van der Waals surface area contributed by atoms with Crippen molar-refractivity contribution in [2.45, 2.75) is 44.6 Å². The molecule has 1 aliphatic rings. The van der Waals surface area contributed by atoms with Crippen LogP contribution in [-0.2, 0) is 22.4 Å². The average molecular weight is 461 g/mol. The topological polar surface area (TPSA) is 121 Å². The second-order valence-corrected chi connectivity index (χ2v) is 9.16. The second kappa shape index (κ2) is 11.1. The van der Waals surface area contributed by atoms with Crippen LogP contribution in [0.15, 0.2) is 60.8 Å². The van der Waals surface area contributed by atoms with E-state index < -0.39 is 5.97 Å². The molecule has 0 saturated heterocycles. The van der Waals surface area contributed by atoms with Crippen molar-refractivity contribution in [2.75, 3.05) is 6.54 Å². The molecule has 1 heterocycles. The summed E-state index contributed by atoms with van der Waals surface area (Å²) in [4.78, 5) is 32.2. The first kappa shape index (κ1) is 23.7. The summed E-state index contributed by atoms with van der Waals surface area (Å²) in [5, 5.41) is 12.3. The number of benzene rings is 2. The number of carboxylic acids is 1. The predicted octanol–water partition coefficient (Wildman–Crippen LogP) is 3.87. The maximum absolute atomic E-state index is 13.2. The van der Waals surface area contributed by atoms with Crippen LogP contribution in [0.2, 0.25) is 0 Å². The van der Waals surface area contributed by atoms with Crippen molar-refractivity contribution in [1.82, 2.24) is 15.3 Å². The number of aromatic amines is 1. The fourth-order valence-electron chi connectivity index (χ4n) is 4.70. The van der Waals surface area contributed by atoms with Crippen molar-refractivity contribution < 1.29 is 14.7 Å². The third-order valence-electron chi connectivity index (χ3n) is 6.67. The number of nitrogens with zero attached hydrogens (tertiary/aromatic N) is 1. The predicted molar refractivity (Wildman–Crippen MR) is 131 cm³/mol. The highest BCUT2D eigenvalue weighted by Crippen LogP contribution is 2.29. The molecule has 0 unspecified atom stereocenters. The molecule has 0 radical (unpaired) electrons. The Kier molecular flexibility index (Phi) is 7.75. The van der Waals surface area contributed by atoms with Gasteiger partial charge in [-0.3, -0.25) is 9.59 Å². The number of carbonyl (C=O) groups excluding carboxylic acids is 1. The second-order valence-electron chi connectivity index (χ2n) is 9.16. The van der Waals surface area contributed by atoms with Crippen LogP contribution < -0.4 is 11.1 Å². The molecule has 178 valence electrons. The van der Waals surface area contributed by atoms with Crippen molar-refractivity contribution in [3.05, 3.63) is 77.7 Å². The number of carbonyl (C=O) groups is 2. The number of aliphatic carboxylic acids is 1. The Hall–Kier alpha value is -3.45. The summed E-state index contributed by atoms with van der Waals surface area (Å²) in [5.41, 5.74) is 9.30. The van der Waals surface area contributed by atoms with Crippen LogP contribution in [-0.4, -0.2) is 33.5 Å². The van der Waals surface area contributed by atoms with Gasteiger partial charge in [-0.1, -0.05) is 48.5 Å². The lowest BCUT2D eigenvalue weighted by Gasteiger charge is -2.28. The highest BCUT2D eigenvalue weighted by molar-refractivity contribution is 5.79. The molecule has 1 aromatic heterocycles. The zero-order valence-corrected chi connectivity index (χ0v) is 19.2. The minimum Gasteiger partial charge on any atom is -0.481 e. The molecule has 0 spiro atoms. The third-order valence-corrected chi connectivity index (χ3v) is 6.67. The van der Waals surface area contributed by atoms with Gasteiger partial charge in [0.25, 0.3) is 0 Å². The van der Waals surface area contributed by atoms with E-state index in [9.17, 15) is 9.59 Å². The molecule has 3 aromatic rings. The highest BCUT2D eigenvalue weighted by Gasteiger charge is 2.28. The average Bonchev–Trinajstić information content (AvgIpc) is 3.34. The molecule has 7 nitrogen and oxygen atoms in total. The van der Waals surface area contributed by atoms with Gasteiger partial charge in [0.1, 0.15) is 5.82 Å². The van der Waals surface area contributed by atoms with E-state index >= 15 is 0 Å². The molecule has 1 fully saturated rings. The Balaban J connectivity index is 1.53. The Labute approximate surface area is 199 Å². The van der Waals surface area contributed by atoms with Gasteiger partial charge in [-0.25, -0.2) is 4.98 Å². The Bertz CT molecular complexity index is 1100. The third kappa shape index (κ3) is 6.11. The minimum absolute atomic E-state index is 0.00297. The number of amides is 1. The molecule has 0 bridgehead atoms. The summed E-state index contributed by atoms with van der Waals surface area (Å²) < 4.78 is 0. The molecule has 34 heavy (non-hydrogen) atoms. The van der Waals surface area contributed by atoms with E-state index in [1.54, 1.807) is 12.3 Å². The van der Waals surface area contributed by atoms with E-state index in [0.29, 0.717) is 24.7 Å². The standard InChI is InChI=1S/C27H32N4O3/c28-16-19-9-11-21(12-10-19)27(34)31-23(14-18-5-2-1-3-6-18)26-29-17-24(30-26)22-8-4-7-20(13-22)15-25(32)33/h1-8,13,17,19,21,23H,9-12,14-16,28H2,(H,29,30)(H,31,34)(H,32,33)/t19?,21?,23-/m0/s1. The Morgan fingerprint density at radius 2 is 1.79 bits per heavy atom. The molecule has 7 heteroatoms. The lowest BCUT2D eigenvalue weighted by Crippen LogP contribution is -2.37. The molecule has 1 saturated carbocycles. The van der Waals surface area contributed by atoms with Crippen LogP contribution in [0.4, 0.5) is 0 Å². The van der Waals surface area contributed by atoms with Gasteiger partial charge in [-0.05, 0) is 67.3 Å². The van der Waals surface area contributed by atoms with Gasteiger partial charge in [0.05, 0.1) is 24.4 Å². The number of carboxylic acid groups (broad SMARTS) is 1. The van der Waals surface area contributed by atoms with Crippen molar-refractivity contribution in [3.8, 4) is 11.3 Å². The fraction of sp³-hybridized carbons (Fsp3) is 0.370. The summed E-state index contributed by atoms with van der Waals surface area (Å²) >= 11 is 0. The normalized spacial score (nSPS) is 18.9. The van der Waals surface area contributed by atoms with Crippen molar-refractivity contribution in [1.29, 1.82) is 0 Å². The van der Waals surface area contributed by atoms with Gasteiger partial charge in [0.15, 0.2) is 0 Å². The molecular weight excluding hydrogens is 428 g/mol. The first-order valence-electron chi connectivity index (χ1n) is 11.9. The summed E-state index contributed by atoms with van der Waals surface area (Å²) in [6, 6.07) is 17.2. The van der Waals surface area contributed by atoms with Crippen LogP contribution in [0.25, 0.3) is 11.3 Å². The molecule has 4 rings (SSSR count). The van der Waals surface area contributed by atoms with E-state index in [2.05, 4.69) is 15.3 Å². The molecule has 5 N–H and O–H groups in total. The lowest BCUT2D eigenvalue weighted by atomic mass is 9.81. The van der Waals surface area contributed by atoms with Crippen LogP contribution in [0, 0.1) is 11.8 Å². The molecular formula is C27H32N4O3. The molecule has 0 aliphatic heterocycles. The van der Waals surface area contributed by atoms with Crippen molar-refractivity contribution in [2.24, 2.45) is 17.6 Å². The van der Waals surface area contributed by atoms with E-state index in [1.807, 2.05) is 48.5 Å². The van der Waals surface area contributed by atoms with Gasteiger partial charge in [-0.15, -0.1) is 0 Å². The van der Waals surface area contributed by atoms with Crippen molar-refractivity contribution in [3.63, 3.8) is 0 Å². The number of hydrogen-bond acceptors (Lipinski definition) is 4. The fourth-order valence-corrected chi connectivity index (χ4v) is 4.70. The summed E-state index contributed by atoms with van der Waals surface area (Å²) in [6.07, 6.45) is 6.05. The van der Waals surface area contributed by atoms with E-state index in [4.69, 9.17) is 10.8 Å². The van der Waals surface area contributed by atoms with Crippen LogP contribution in [0.1, 0.15) is 48.7 Å². The first-order chi connectivity index (χ1) is 16.5. The van der Waals surface area contributed by atoms with Crippen LogP contribution in [0.3, 0.4) is 0 Å². The largest absolute Gasteiger partial charge is 0.481 e. The Morgan fingerprint density at radius 1 is 1.06 bits per heavy atom. The highest BCUT2D eigenvalue weighted by atomic mass is 16.4. The summed E-state index contributed by atoms with van der Waals surface area (Å²) in [5.74, 6) is 0.412. The van der Waals surface area contributed by atoms with E-state index in [1.165, 1.54) is 0 Å². The van der Waals surface area contributed by atoms with Gasteiger partial charge in [-0.2, -0.15) is 0 Å². The Morgan fingerprint density at radius 3 is 2.50 bits per heavy atom.